The van der Waals surface area contributed by atoms with E-state index in [0.29, 0.717) is 6.54 Å². The van der Waals surface area contributed by atoms with Crippen LogP contribution in [0.25, 0.3) is 10.9 Å². The Morgan fingerprint density at radius 1 is 0.903 bits per heavy atom. The maximum Gasteiger partial charge on any atom is 0.215 e. The third-order valence-electron chi connectivity index (χ3n) is 5.52. The maximum absolute atomic E-state index is 12.8. The van der Waals surface area contributed by atoms with E-state index in [1.807, 2.05) is 73.7 Å². The number of benzene rings is 3. The SMILES string of the molecule is CN(C)c1ccc(C(CNS(=O)(=O)Cc2ccccc2)c2c[nH]c3ccccc23)cc1. The highest BCUT2D eigenvalue weighted by molar-refractivity contribution is 7.88. The van der Waals surface area contributed by atoms with Gasteiger partial charge in [0, 0.05) is 49.3 Å². The van der Waals surface area contributed by atoms with E-state index < -0.39 is 10.0 Å². The van der Waals surface area contributed by atoms with Crippen LogP contribution >= 0.6 is 0 Å². The summed E-state index contributed by atoms with van der Waals surface area (Å²) in [6, 6.07) is 25.6. The number of rotatable bonds is 8. The van der Waals surface area contributed by atoms with Gasteiger partial charge in [0.05, 0.1) is 5.75 Å². The second-order valence-corrected chi connectivity index (χ2v) is 9.73. The van der Waals surface area contributed by atoms with Crippen molar-refractivity contribution in [1.82, 2.24) is 9.71 Å². The fourth-order valence-electron chi connectivity index (χ4n) is 3.85. The molecule has 0 saturated carbocycles. The molecular formula is C25H27N3O2S. The third kappa shape index (κ3) is 4.98. The molecule has 0 spiro atoms. The lowest BCUT2D eigenvalue weighted by Crippen LogP contribution is -2.30. The van der Waals surface area contributed by atoms with Crippen molar-refractivity contribution >= 4 is 26.6 Å². The Balaban J connectivity index is 1.64. The van der Waals surface area contributed by atoms with Crippen LogP contribution in [0.1, 0.15) is 22.6 Å². The number of fused-ring (bicyclic) bond motifs is 1. The van der Waals surface area contributed by atoms with Crippen molar-refractivity contribution in [3.8, 4) is 0 Å². The molecule has 0 aliphatic rings. The van der Waals surface area contributed by atoms with Crippen LogP contribution < -0.4 is 9.62 Å². The van der Waals surface area contributed by atoms with Crippen molar-refractivity contribution in [2.45, 2.75) is 11.7 Å². The minimum Gasteiger partial charge on any atom is -0.378 e. The zero-order chi connectivity index (χ0) is 21.8. The second-order valence-electron chi connectivity index (χ2n) is 7.92. The number of para-hydroxylation sites is 1. The quantitative estimate of drug-likeness (QED) is 0.430. The number of aromatic amines is 1. The summed E-state index contributed by atoms with van der Waals surface area (Å²) in [5.74, 6) is -0.147. The Kier molecular flexibility index (Phi) is 6.11. The molecule has 0 aliphatic heterocycles. The van der Waals surface area contributed by atoms with Crippen LogP contribution in [-0.2, 0) is 15.8 Å². The van der Waals surface area contributed by atoms with Gasteiger partial charge in [-0.1, -0.05) is 60.7 Å². The van der Waals surface area contributed by atoms with Crippen LogP contribution in [0, 0.1) is 0 Å². The molecule has 0 fully saturated rings. The van der Waals surface area contributed by atoms with E-state index in [1.165, 1.54) is 0 Å². The van der Waals surface area contributed by atoms with Gasteiger partial charge in [-0.05, 0) is 34.9 Å². The van der Waals surface area contributed by atoms with Gasteiger partial charge in [0.1, 0.15) is 0 Å². The Bertz CT molecular complexity index is 1250. The first-order chi connectivity index (χ1) is 14.9. The monoisotopic (exact) mass is 433 g/mol. The predicted octanol–water partition coefficient (Wildman–Crippen LogP) is 4.49. The van der Waals surface area contributed by atoms with Crippen LogP contribution in [-0.4, -0.2) is 34.0 Å². The minimum atomic E-state index is -3.47. The van der Waals surface area contributed by atoms with Gasteiger partial charge >= 0.3 is 0 Å². The molecule has 0 bridgehead atoms. The van der Waals surface area contributed by atoms with Gasteiger partial charge in [-0.25, -0.2) is 13.1 Å². The van der Waals surface area contributed by atoms with Crippen molar-refractivity contribution in [2.24, 2.45) is 0 Å². The van der Waals surface area contributed by atoms with Crippen LogP contribution in [0.5, 0.6) is 0 Å². The second kappa shape index (κ2) is 8.96. The molecule has 4 rings (SSSR count). The van der Waals surface area contributed by atoms with E-state index in [1.54, 1.807) is 0 Å². The van der Waals surface area contributed by atoms with Crippen molar-refractivity contribution in [1.29, 1.82) is 0 Å². The fraction of sp³-hybridized carbons (Fsp3) is 0.200. The Morgan fingerprint density at radius 2 is 1.58 bits per heavy atom. The van der Waals surface area contributed by atoms with Crippen molar-refractivity contribution in [3.05, 3.63) is 102 Å². The average molecular weight is 434 g/mol. The van der Waals surface area contributed by atoms with E-state index >= 15 is 0 Å². The molecule has 0 amide bonds. The molecule has 2 N–H and O–H groups in total. The normalized spacial score (nSPS) is 12.7. The van der Waals surface area contributed by atoms with E-state index in [4.69, 9.17) is 0 Å². The highest BCUT2D eigenvalue weighted by Gasteiger charge is 2.21. The van der Waals surface area contributed by atoms with Gasteiger partial charge in [0.25, 0.3) is 0 Å². The highest BCUT2D eigenvalue weighted by Crippen LogP contribution is 2.31. The molecule has 4 aromatic rings. The molecule has 1 atom stereocenters. The average Bonchev–Trinajstić information content (AvgIpc) is 3.19. The fourth-order valence-corrected chi connectivity index (χ4v) is 5.00. The van der Waals surface area contributed by atoms with Gasteiger partial charge in [-0.2, -0.15) is 0 Å². The molecule has 3 aromatic carbocycles. The molecule has 0 aliphatic carbocycles. The summed E-state index contributed by atoms with van der Waals surface area (Å²) in [5.41, 5.74) is 5.06. The molecule has 31 heavy (non-hydrogen) atoms. The number of hydrogen-bond donors (Lipinski definition) is 2. The third-order valence-corrected chi connectivity index (χ3v) is 6.84. The number of sulfonamides is 1. The lowest BCUT2D eigenvalue weighted by Gasteiger charge is -2.20. The Hall–Kier alpha value is -3.09. The Morgan fingerprint density at radius 3 is 2.29 bits per heavy atom. The van der Waals surface area contributed by atoms with E-state index in [9.17, 15) is 8.42 Å². The number of anilines is 1. The van der Waals surface area contributed by atoms with Crippen molar-refractivity contribution < 1.29 is 8.42 Å². The molecule has 160 valence electrons. The minimum absolute atomic E-state index is 0.0337. The van der Waals surface area contributed by atoms with Crippen LogP contribution in [0.3, 0.4) is 0 Å². The smallest absolute Gasteiger partial charge is 0.215 e. The molecular weight excluding hydrogens is 406 g/mol. The summed E-state index contributed by atoms with van der Waals surface area (Å²) >= 11 is 0. The number of H-pyrrole nitrogens is 1. The first-order valence-corrected chi connectivity index (χ1v) is 11.9. The van der Waals surface area contributed by atoms with Crippen LogP contribution in [0.2, 0.25) is 0 Å². The number of nitrogens with one attached hydrogen (secondary N) is 2. The maximum atomic E-state index is 12.8. The molecule has 1 aromatic heterocycles. The number of aromatic nitrogens is 1. The van der Waals surface area contributed by atoms with Crippen LogP contribution in [0.4, 0.5) is 5.69 Å². The molecule has 0 radical (unpaired) electrons. The number of hydrogen-bond acceptors (Lipinski definition) is 3. The predicted molar refractivity (Wildman–Crippen MR) is 128 cm³/mol. The first-order valence-electron chi connectivity index (χ1n) is 10.3. The van der Waals surface area contributed by atoms with E-state index in [-0.39, 0.29) is 11.7 Å². The summed E-state index contributed by atoms with van der Waals surface area (Å²) in [5, 5.41) is 1.10. The lowest BCUT2D eigenvalue weighted by atomic mass is 9.91. The molecule has 5 nitrogen and oxygen atoms in total. The topological polar surface area (TPSA) is 65.2 Å². The summed E-state index contributed by atoms with van der Waals surface area (Å²) in [7, 11) is 0.536. The lowest BCUT2D eigenvalue weighted by molar-refractivity contribution is 0.577. The van der Waals surface area contributed by atoms with Gasteiger partial charge < -0.3 is 9.88 Å². The van der Waals surface area contributed by atoms with E-state index in [2.05, 4.69) is 40.0 Å². The summed E-state index contributed by atoms with van der Waals surface area (Å²) in [6.07, 6.45) is 1.99. The van der Waals surface area contributed by atoms with Gasteiger partial charge in [-0.15, -0.1) is 0 Å². The van der Waals surface area contributed by atoms with Gasteiger partial charge in [-0.3, -0.25) is 0 Å². The van der Waals surface area contributed by atoms with Crippen molar-refractivity contribution in [3.63, 3.8) is 0 Å². The van der Waals surface area contributed by atoms with Crippen LogP contribution in [0.15, 0.2) is 85.1 Å². The number of nitrogens with zero attached hydrogens (tertiary/aromatic N) is 1. The van der Waals surface area contributed by atoms with Gasteiger partial charge in [0.15, 0.2) is 0 Å². The summed E-state index contributed by atoms with van der Waals surface area (Å²) in [4.78, 5) is 5.37. The highest BCUT2D eigenvalue weighted by atomic mass is 32.2. The zero-order valence-corrected chi connectivity index (χ0v) is 18.6. The molecule has 1 unspecified atom stereocenters. The van der Waals surface area contributed by atoms with Crippen molar-refractivity contribution in [2.75, 3.05) is 25.5 Å². The molecule has 6 heteroatoms. The Labute approximate surface area is 183 Å². The molecule has 1 heterocycles. The standard InChI is InChI=1S/C25H27N3O2S/c1-28(2)21-14-12-20(13-15-21)23(24-16-26-25-11-7-6-10-22(24)25)17-27-31(29,30)18-19-8-4-3-5-9-19/h3-16,23,26-27H,17-18H2,1-2H3. The van der Waals surface area contributed by atoms with Gasteiger partial charge in [0.2, 0.25) is 10.0 Å². The zero-order valence-electron chi connectivity index (χ0n) is 17.7. The first kappa shape index (κ1) is 21.2. The van der Waals surface area contributed by atoms with E-state index in [0.717, 1.165) is 33.3 Å². The summed E-state index contributed by atoms with van der Waals surface area (Å²) in [6.45, 7) is 0.290. The summed E-state index contributed by atoms with van der Waals surface area (Å²) < 4.78 is 28.4. The largest absolute Gasteiger partial charge is 0.378 e. The molecule has 0 saturated heterocycles.